The Morgan fingerprint density at radius 2 is 2.09 bits per heavy atom. The standard InChI is InChI=1S/C17H17N3O2S/c18-11-3-6-20(7-4-11)17(22)10-1-2-12-14(9-10)19-16(21)13-5-8-23-15(12)13/h1-2,5,8-9,11,13H,3-4,6-7,18H2. The van der Waals surface area contributed by atoms with Crippen LogP contribution in [0.3, 0.4) is 0 Å². The number of hydrogen-bond acceptors (Lipinski definition) is 4. The SMILES string of the molecule is NC1CCN(C(=O)c2ccc3c(c2)=NC(=O)C2C=CSC=32)CC1. The Labute approximate surface area is 137 Å². The summed E-state index contributed by atoms with van der Waals surface area (Å²) in [5, 5.41) is 3.50. The third-order valence-electron chi connectivity index (χ3n) is 4.58. The molecule has 1 atom stereocenters. The summed E-state index contributed by atoms with van der Waals surface area (Å²) in [6.45, 7) is 1.37. The monoisotopic (exact) mass is 327 g/mol. The summed E-state index contributed by atoms with van der Waals surface area (Å²) in [6.07, 6.45) is 3.55. The quantitative estimate of drug-likeness (QED) is 0.810. The summed E-state index contributed by atoms with van der Waals surface area (Å²) in [5.41, 5.74) is 6.48. The van der Waals surface area contributed by atoms with Crippen molar-refractivity contribution in [2.24, 2.45) is 16.6 Å². The van der Waals surface area contributed by atoms with Gasteiger partial charge in [0.15, 0.2) is 0 Å². The Morgan fingerprint density at radius 3 is 2.87 bits per heavy atom. The van der Waals surface area contributed by atoms with E-state index in [0.29, 0.717) is 24.0 Å². The molecule has 6 heteroatoms. The molecule has 0 saturated carbocycles. The Balaban J connectivity index is 1.70. The van der Waals surface area contributed by atoms with E-state index in [9.17, 15) is 9.59 Å². The van der Waals surface area contributed by atoms with E-state index >= 15 is 0 Å². The van der Waals surface area contributed by atoms with Gasteiger partial charge in [-0.25, -0.2) is 4.99 Å². The maximum atomic E-state index is 12.6. The minimum atomic E-state index is -0.238. The average molecular weight is 327 g/mol. The fourth-order valence-corrected chi connectivity index (χ4v) is 4.22. The third-order valence-corrected chi connectivity index (χ3v) is 5.60. The van der Waals surface area contributed by atoms with Crippen LogP contribution in [0.1, 0.15) is 23.2 Å². The number of nitrogens with two attached hydrogens (primary N) is 1. The summed E-state index contributed by atoms with van der Waals surface area (Å²) in [7, 11) is 0. The Morgan fingerprint density at radius 1 is 1.30 bits per heavy atom. The first kappa shape index (κ1) is 14.7. The van der Waals surface area contributed by atoms with E-state index in [1.165, 1.54) is 0 Å². The van der Waals surface area contributed by atoms with Gasteiger partial charge in [-0.05, 0) is 30.4 Å². The van der Waals surface area contributed by atoms with Crippen LogP contribution in [0.5, 0.6) is 0 Å². The molecule has 0 bridgehead atoms. The number of rotatable bonds is 1. The number of amides is 2. The summed E-state index contributed by atoms with van der Waals surface area (Å²) < 4.78 is 0. The summed E-state index contributed by atoms with van der Waals surface area (Å²) in [6, 6.07) is 5.68. The van der Waals surface area contributed by atoms with E-state index in [2.05, 4.69) is 4.99 Å². The first-order chi connectivity index (χ1) is 11.1. The largest absolute Gasteiger partial charge is 0.339 e. The van der Waals surface area contributed by atoms with Gasteiger partial charge in [-0.1, -0.05) is 12.1 Å². The summed E-state index contributed by atoms with van der Waals surface area (Å²) in [5.74, 6) is -0.397. The van der Waals surface area contributed by atoms with Crippen LogP contribution in [0.25, 0.3) is 4.91 Å². The fraction of sp³-hybridized carbons (Fsp3) is 0.353. The summed E-state index contributed by atoms with van der Waals surface area (Å²) >= 11 is 1.56. The van der Waals surface area contributed by atoms with Crippen LogP contribution in [0.2, 0.25) is 0 Å². The molecule has 5 nitrogen and oxygen atoms in total. The van der Waals surface area contributed by atoms with Crippen molar-refractivity contribution in [3.63, 3.8) is 0 Å². The molecule has 0 aromatic heterocycles. The van der Waals surface area contributed by atoms with Gasteiger partial charge in [-0.3, -0.25) is 9.59 Å². The third kappa shape index (κ3) is 2.52. The van der Waals surface area contributed by atoms with Gasteiger partial charge in [-0.15, -0.1) is 11.8 Å². The molecule has 118 valence electrons. The molecule has 0 spiro atoms. The van der Waals surface area contributed by atoms with Gasteiger partial charge in [0, 0.05) is 34.8 Å². The van der Waals surface area contributed by atoms with Crippen molar-refractivity contribution in [1.82, 2.24) is 4.90 Å². The Bertz CT molecular complexity index is 838. The molecular formula is C17H17N3O2S. The molecule has 4 rings (SSSR count). The molecule has 0 radical (unpaired) electrons. The molecule has 3 heterocycles. The first-order valence-electron chi connectivity index (χ1n) is 7.78. The minimum Gasteiger partial charge on any atom is -0.339 e. The number of benzene rings is 1. The van der Waals surface area contributed by atoms with Gasteiger partial charge in [0.2, 0.25) is 0 Å². The average Bonchev–Trinajstić information content (AvgIpc) is 3.05. The van der Waals surface area contributed by atoms with E-state index in [1.807, 2.05) is 28.5 Å². The van der Waals surface area contributed by atoms with Crippen molar-refractivity contribution in [2.45, 2.75) is 18.9 Å². The lowest BCUT2D eigenvalue weighted by atomic mass is 10.0. The highest BCUT2D eigenvalue weighted by Gasteiger charge is 2.28. The van der Waals surface area contributed by atoms with Crippen LogP contribution in [0.4, 0.5) is 0 Å². The predicted molar refractivity (Wildman–Crippen MR) is 89.0 cm³/mol. The second-order valence-corrected chi connectivity index (χ2v) is 7.05. The molecule has 1 fully saturated rings. The number of nitrogens with zero attached hydrogens (tertiary/aromatic N) is 2. The van der Waals surface area contributed by atoms with Gasteiger partial charge in [0.25, 0.3) is 11.8 Å². The van der Waals surface area contributed by atoms with Crippen LogP contribution < -0.4 is 16.3 Å². The fourth-order valence-electron chi connectivity index (χ4n) is 3.22. The molecule has 1 saturated heterocycles. The molecule has 1 unspecified atom stereocenters. The molecule has 1 aromatic rings. The van der Waals surface area contributed by atoms with Crippen LogP contribution in [0, 0.1) is 5.92 Å². The number of piperidine rings is 1. The van der Waals surface area contributed by atoms with Gasteiger partial charge < -0.3 is 10.6 Å². The van der Waals surface area contributed by atoms with E-state index in [1.54, 1.807) is 17.8 Å². The lowest BCUT2D eigenvalue weighted by Crippen LogP contribution is -2.43. The molecule has 0 aliphatic carbocycles. The molecule has 3 aliphatic rings. The Hall–Kier alpha value is -1.92. The maximum absolute atomic E-state index is 12.6. The zero-order valence-electron chi connectivity index (χ0n) is 12.6. The number of carbonyl (C=O) groups is 2. The van der Waals surface area contributed by atoms with Crippen LogP contribution in [-0.2, 0) is 4.79 Å². The lowest BCUT2D eigenvalue weighted by Gasteiger charge is -2.30. The lowest BCUT2D eigenvalue weighted by molar-refractivity contribution is -0.119. The van der Waals surface area contributed by atoms with Crippen molar-refractivity contribution in [2.75, 3.05) is 13.1 Å². The number of thioether (sulfide) groups is 1. The van der Waals surface area contributed by atoms with Gasteiger partial charge in [0.05, 0.1) is 11.3 Å². The van der Waals surface area contributed by atoms with E-state index in [0.717, 1.165) is 23.0 Å². The predicted octanol–water partition coefficient (Wildman–Crippen LogP) is 0.395. The van der Waals surface area contributed by atoms with Gasteiger partial charge in [0.1, 0.15) is 0 Å². The van der Waals surface area contributed by atoms with Crippen LogP contribution >= 0.6 is 11.8 Å². The van der Waals surface area contributed by atoms with E-state index < -0.39 is 0 Å². The molecular weight excluding hydrogens is 310 g/mol. The highest BCUT2D eigenvalue weighted by Crippen LogP contribution is 2.35. The van der Waals surface area contributed by atoms with Crippen molar-refractivity contribution in [3.05, 3.63) is 45.8 Å². The minimum absolute atomic E-state index is 0.00771. The summed E-state index contributed by atoms with van der Waals surface area (Å²) in [4.78, 5) is 31.8. The number of hydrogen-bond donors (Lipinski definition) is 1. The van der Waals surface area contributed by atoms with Gasteiger partial charge >= 0.3 is 0 Å². The van der Waals surface area contributed by atoms with Crippen LogP contribution in [0.15, 0.2) is 34.7 Å². The second-order valence-electron chi connectivity index (χ2n) is 6.10. The van der Waals surface area contributed by atoms with Gasteiger partial charge in [-0.2, -0.15) is 0 Å². The van der Waals surface area contributed by atoms with Crippen molar-refractivity contribution < 1.29 is 9.59 Å². The number of fused-ring (bicyclic) bond motifs is 2. The topological polar surface area (TPSA) is 75.8 Å². The van der Waals surface area contributed by atoms with Crippen molar-refractivity contribution in [1.29, 1.82) is 0 Å². The Kier molecular flexibility index (Phi) is 3.58. The van der Waals surface area contributed by atoms with Crippen LogP contribution in [-0.4, -0.2) is 35.8 Å². The highest BCUT2D eigenvalue weighted by atomic mass is 32.2. The van der Waals surface area contributed by atoms with Crippen molar-refractivity contribution in [3.8, 4) is 0 Å². The zero-order chi connectivity index (χ0) is 16.0. The molecule has 2 N–H and O–H groups in total. The normalized spacial score (nSPS) is 23.5. The molecule has 2 amide bonds. The maximum Gasteiger partial charge on any atom is 0.258 e. The first-order valence-corrected chi connectivity index (χ1v) is 8.66. The highest BCUT2D eigenvalue weighted by molar-refractivity contribution is 8.10. The zero-order valence-corrected chi connectivity index (χ0v) is 13.4. The number of carbonyl (C=O) groups excluding carboxylic acids is 2. The molecule has 1 aromatic carbocycles. The molecule has 3 aliphatic heterocycles. The molecule has 23 heavy (non-hydrogen) atoms. The van der Waals surface area contributed by atoms with E-state index in [-0.39, 0.29) is 23.8 Å². The second kappa shape index (κ2) is 5.62. The van der Waals surface area contributed by atoms with Crippen molar-refractivity contribution >= 4 is 28.5 Å². The van der Waals surface area contributed by atoms with E-state index in [4.69, 9.17) is 5.73 Å². The smallest absolute Gasteiger partial charge is 0.258 e. The number of likely N-dealkylation sites (tertiary alicyclic amines) is 1.